The molecule has 0 spiro atoms. The van der Waals surface area contributed by atoms with Crippen LogP contribution in [0.3, 0.4) is 0 Å². The molecule has 1 N–H and O–H groups in total. The highest BCUT2D eigenvalue weighted by atomic mass is 35.5. The van der Waals surface area contributed by atoms with Crippen molar-refractivity contribution in [2.75, 3.05) is 12.4 Å². The maximum atomic E-state index is 11.5. The SMILES string of the molecule is O=C(CCCc1cccs1)NCCCCCCl. The summed E-state index contributed by atoms with van der Waals surface area (Å²) >= 11 is 7.33. The Hall–Kier alpha value is -0.540. The predicted octanol–water partition coefficient (Wildman–Crippen LogP) is 3.60. The number of alkyl halides is 1. The van der Waals surface area contributed by atoms with Gasteiger partial charge in [-0.2, -0.15) is 0 Å². The van der Waals surface area contributed by atoms with Crippen LogP contribution in [0.5, 0.6) is 0 Å². The molecule has 4 heteroatoms. The van der Waals surface area contributed by atoms with Crippen LogP contribution in [0.4, 0.5) is 0 Å². The lowest BCUT2D eigenvalue weighted by Gasteiger charge is -2.04. The van der Waals surface area contributed by atoms with Crippen LogP contribution in [0.25, 0.3) is 0 Å². The Labute approximate surface area is 112 Å². The van der Waals surface area contributed by atoms with Crippen molar-refractivity contribution in [1.29, 1.82) is 0 Å². The first-order chi connectivity index (χ1) is 8.33. The molecule has 0 radical (unpaired) electrons. The van der Waals surface area contributed by atoms with Crippen LogP contribution in [-0.4, -0.2) is 18.3 Å². The topological polar surface area (TPSA) is 29.1 Å². The van der Waals surface area contributed by atoms with Gasteiger partial charge in [0.15, 0.2) is 0 Å². The minimum Gasteiger partial charge on any atom is -0.356 e. The molecule has 1 amide bonds. The van der Waals surface area contributed by atoms with Crippen LogP contribution in [-0.2, 0) is 11.2 Å². The first kappa shape index (κ1) is 14.5. The van der Waals surface area contributed by atoms with Crippen LogP contribution in [0.1, 0.15) is 37.0 Å². The Morgan fingerprint density at radius 2 is 2.18 bits per heavy atom. The summed E-state index contributed by atoms with van der Waals surface area (Å²) in [6, 6.07) is 4.17. The summed E-state index contributed by atoms with van der Waals surface area (Å²) in [5.74, 6) is 0.891. The number of amides is 1. The number of thiophene rings is 1. The van der Waals surface area contributed by atoms with Gasteiger partial charge in [-0.1, -0.05) is 12.5 Å². The molecule has 0 fully saturated rings. The summed E-state index contributed by atoms with van der Waals surface area (Å²) in [4.78, 5) is 12.8. The second-order valence-corrected chi connectivity index (χ2v) is 5.44. The van der Waals surface area contributed by atoms with Crippen LogP contribution in [0.15, 0.2) is 17.5 Å². The van der Waals surface area contributed by atoms with Gasteiger partial charge < -0.3 is 5.32 Å². The summed E-state index contributed by atoms with van der Waals surface area (Å²) in [6.07, 6.45) is 5.75. The van der Waals surface area contributed by atoms with Gasteiger partial charge in [0.25, 0.3) is 0 Å². The third-order valence-electron chi connectivity index (χ3n) is 2.54. The van der Waals surface area contributed by atoms with E-state index < -0.39 is 0 Å². The van der Waals surface area contributed by atoms with Gasteiger partial charge in [0, 0.05) is 23.7 Å². The molecular formula is C13H20ClNOS. The monoisotopic (exact) mass is 273 g/mol. The first-order valence-corrected chi connectivity index (χ1v) is 7.59. The Balaban J connectivity index is 1.94. The minimum absolute atomic E-state index is 0.174. The standard InChI is InChI=1S/C13H20ClNOS/c14-9-2-1-3-10-15-13(16)8-4-6-12-7-5-11-17-12/h5,7,11H,1-4,6,8-10H2,(H,15,16). The maximum absolute atomic E-state index is 11.5. The minimum atomic E-state index is 0.174. The van der Waals surface area contributed by atoms with E-state index in [9.17, 15) is 4.79 Å². The molecule has 1 rings (SSSR count). The van der Waals surface area contributed by atoms with E-state index in [4.69, 9.17) is 11.6 Å². The lowest BCUT2D eigenvalue weighted by molar-refractivity contribution is -0.121. The third kappa shape index (κ3) is 7.40. The number of halogens is 1. The van der Waals surface area contributed by atoms with Gasteiger partial charge in [-0.3, -0.25) is 4.79 Å². The fourth-order valence-corrected chi connectivity index (χ4v) is 2.53. The molecule has 0 aliphatic carbocycles. The lowest BCUT2D eigenvalue weighted by atomic mass is 10.2. The van der Waals surface area contributed by atoms with E-state index in [1.54, 1.807) is 11.3 Å². The van der Waals surface area contributed by atoms with Gasteiger partial charge in [0.1, 0.15) is 0 Å². The van der Waals surface area contributed by atoms with Crippen LogP contribution < -0.4 is 5.32 Å². The van der Waals surface area contributed by atoms with E-state index in [0.717, 1.165) is 44.5 Å². The van der Waals surface area contributed by atoms with Crippen LogP contribution in [0, 0.1) is 0 Å². The lowest BCUT2D eigenvalue weighted by Crippen LogP contribution is -2.24. The smallest absolute Gasteiger partial charge is 0.220 e. The highest BCUT2D eigenvalue weighted by Crippen LogP contribution is 2.11. The van der Waals surface area contributed by atoms with E-state index in [1.165, 1.54) is 4.88 Å². The molecule has 17 heavy (non-hydrogen) atoms. The van der Waals surface area contributed by atoms with Gasteiger partial charge in [0.05, 0.1) is 0 Å². The summed E-state index contributed by atoms with van der Waals surface area (Å²) in [6.45, 7) is 0.786. The van der Waals surface area contributed by atoms with Crippen molar-refractivity contribution in [3.05, 3.63) is 22.4 Å². The zero-order valence-corrected chi connectivity index (χ0v) is 11.7. The van der Waals surface area contributed by atoms with Gasteiger partial charge >= 0.3 is 0 Å². The van der Waals surface area contributed by atoms with Crippen LogP contribution >= 0.6 is 22.9 Å². The number of unbranched alkanes of at least 4 members (excludes halogenated alkanes) is 2. The number of hydrogen-bond donors (Lipinski definition) is 1. The number of nitrogens with one attached hydrogen (secondary N) is 1. The van der Waals surface area contributed by atoms with E-state index in [0.29, 0.717) is 6.42 Å². The van der Waals surface area contributed by atoms with Crippen molar-refractivity contribution in [3.63, 3.8) is 0 Å². The van der Waals surface area contributed by atoms with E-state index in [2.05, 4.69) is 22.8 Å². The Bertz CT molecular complexity index is 300. The molecule has 1 aromatic rings. The average Bonchev–Trinajstić information content (AvgIpc) is 2.82. The fraction of sp³-hybridized carbons (Fsp3) is 0.615. The highest BCUT2D eigenvalue weighted by molar-refractivity contribution is 7.09. The molecule has 0 unspecified atom stereocenters. The molecule has 96 valence electrons. The number of rotatable bonds is 9. The number of carbonyl (C=O) groups excluding carboxylic acids is 1. The Morgan fingerprint density at radius 3 is 2.88 bits per heavy atom. The second-order valence-electron chi connectivity index (χ2n) is 4.03. The van der Waals surface area contributed by atoms with Crippen LogP contribution in [0.2, 0.25) is 0 Å². The summed E-state index contributed by atoms with van der Waals surface area (Å²) in [5.41, 5.74) is 0. The summed E-state index contributed by atoms with van der Waals surface area (Å²) in [7, 11) is 0. The molecule has 0 bridgehead atoms. The average molecular weight is 274 g/mol. The van der Waals surface area contributed by atoms with Gasteiger partial charge in [0.2, 0.25) is 5.91 Å². The maximum Gasteiger partial charge on any atom is 0.220 e. The zero-order valence-electron chi connectivity index (χ0n) is 10.1. The van der Waals surface area contributed by atoms with Gasteiger partial charge in [-0.05, 0) is 37.1 Å². The third-order valence-corrected chi connectivity index (χ3v) is 3.74. The molecule has 0 aliphatic heterocycles. The Kier molecular flexibility index (Phi) is 8.10. The van der Waals surface area contributed by atoms with Crippen molar-refractivity contribution in [1.82, 2.24) is 5.32 Å². The molecular weight excluding hydrogens is 254 g/mol. The largest absolute Gasteiger partial charge is 0.356 e. The molecule has 0 aliphatic rings. The molecule has 0 saturated carbocycles. The van der Waals surface area contributed by atoms with E-state index in [-0.39, 0.29) is 5.91 Å². The van der Waals surface area contributed by atoms with Gasteiger partial charge in [-0.25, -0.2) is 0 Å². The molecule has 1 heterocycles. The predicted molar refractivity (Wildman–Crippen MR) is 74.8 cm³/mol. The summed E-state index contributed by atoms with van der Waals surface area (Å²) < 4.78 is 0. The fourth-order valence-electron chi connectivity index (χ4n) is 1.59. The quantitative estimate of drug-likeness (QED) is 0.541. The second kappa shape index (κ2) is 9.49. The highest BCUT2D eigenvalue weighted by Gasteiger charge is 2.01. The van der Waals surface area contributed by atoms with Crippen molar-refractivity contribution < 1.29 is 4.79 Å². The van der Waals surface area contributed by atoms with E-state index >= 15 is 0 Å². The molecule has 1 aromatic heterocycles. The normalized spacial score (nSPS) is 10.4. The molecule has 0 aromatic carbocycles. The molecule has 2 nitrogen and oxygen atoms in total. The number of hydrogen-bond acceptors (Lipinski definition) is 2. The van der Waals surface area contributed by atoms with E-state index in [1.807, 2.05) is 0 Å². The molecule has 0 saturated heterocycles. The first-order valence-electron chi connectivity index (χ1n) is 6.18. The Morgan fingerprint density at radius 1 is 1.29 bits per heavy atom. The zero-order chi connectivity index (χ0) is 12.3. The number of aryl methyl sites for hydroxylation is 1. The molecule has 0 atom stereocenters. The van der Waals surface area contributed by atoms with Crippen molar-refractivity contribution >= 4 is 28.8 Å². The van der Waals surface area contributed by atoms with Crippen molar-refractivity contribution in [2.24, 2.45) is 0 Å². The van der Waals surface area contributed by atoms with Crippen molar-refractivity contribution in [2.45, 2.75) is 38.5 Å². The van der Waals surface area contributed by atoms with Gasteiger partial charge in [-0.15, -0.1) is 22.9 Å². The van der Waals surface area contributed by atoms with Crippen molar-refractivity contribution in [3.8, 4) is 0 Å². The number of carbonyl (C=O) groups is 1. The summed E-state index contributed by atoms with van der Waals surface area (Å²) in [5, 5.41) is 5.02.